The zero-order valence-corrected chi connectivity index (χ0v) is 4.89. The zero-order chi connectivity index (χ0) is 8.15. The summed E-state index contributed by atoms with van der Waals surface area (Å²) in [6.45, 7) is -0.623. The van der Waals surface area contributed by atoms with E-state index in [1.165, 1.54) is 0 Å². The third-order valence-corrected chi connectivity index (χ3v) is 0.677. The number of carbonyl (C=O) groups is 1. The molecule has 7 nitrogen and oxygen atoms in total. The van der Waals surface area contributed by atoms with E-state index in [1.54, 1.807) is 0 Å². The summed E-state index contributed by atoms with van der Waals surface area (Å²) in [6, 6.07) is -1.34. The Morgan fingerprint density at radius 3 is 2.70 bits per heavy atom. The monoisotopic (exact) mass is 150 g/mol. The second kappa shape index (κ2) is 3.62. The number of rotatable bonds is 4. The van der Waals surface area contributed by atoms with Crippen LogP contribution in [0.1, 0.15) is 0 Å². The molecule has 0 aromatic heterocycles. The van der Waals surface area contributed by atoms with Gasteiger partial charge in [-0.25, -0.2) is 0 Å². The molecule has 1 atom stereocenters. The van der Waals surface area contributed by atoms with Gasteiger partial charge in [-0.1, -0.05) is 0 Å². The SMILES string of the molecule is N[C@@H](CO[N+](=O)[O-])C(=O)O. The Labute approximate surface area is 55.5 Å². The van der Waals surface area contributed by atoms with Gasteiger partial charge in [-0.3, -0.25) is 4.79 Å². The maximum atomic E-state index is 9.88. The van der Waals surface area contributed by atoms with Crippen molar-refractivity contribution in [3.8, 4) is 0 Å². The third kappa shape index (κ3) is 3.61. The molecule has 0 heterocycles. The van der Waals surface area contributed by atoms with Gasteiger partial charge in [-0.15, -0.1) is 10.1 Å². The molecule has 0 spiro atoms. The minimum atomic E-state index is -1.34. The highest BCUT2D eigenvalue weighted by Crippen LogP contribution is 1.81. The molecule has 0 aromatic carbocycles. The lowest BCUT2D eigenvalue weighted by Gasteiger charge is -2.02. The number of carboxylic acids is 1. The van der Waals surface area contributed by atoms with Crippen LogP contribution in [0, 0.1) is 10.1 Å². The van der Waals surface area contributed by atoms with Crippen LogP contribution in [0.4, 0.5) is 0 Å². The van der Waals surface area contributed by atoms with Crippen LogP contribution in [0.2, 0.25) is 0 Å². The van der Waals surface area contributed by atoms with Crippen molar-refractivity contribution in [2.24, 2.45) is 5.73 Å². The highest BCUT2D eigenvalue weighted by Gasteiger charge is 2.12. The first-order chi connectivity index (χ1) is 4.54. The molecule has 0 saturated carbocycles. The Balaban J connectivity index is 3.49. The normalized spacial score (nSPS) is 12.1. The first kappa shape index (κ1) is 8.63. The molecule has 58 valence electrons. The van der Waals surface area contributed by atoms with E-state index >= 15 is 0 Å². The molecule has 10 heavy (non-hydrogen) atoms. The molecule has 3 N–H and O–H groups in total. The summed E-state index contributed by atoms with van der Waals surface area (Å²) < 4.78 is 0. The Hall–Kier alpha value is -1.37. The van der Waals surface area contributed by atoms with Gasteiger partial charge in [0, 0.05) is 0 Å². The van der Waals surface area contributed by atoms with Gasteiger partial charge in [-0.05, 0) is 0 Å². The molecule has 0 radical (unpaired) electrons. The molecular weight excluding hydrogens is 144 g/mol. The van der Waals surface area contributed by atoms with Crippen molar-refractivity contribution in [2.45, 2.75) is 6.04 Å². The predicted molar refractivity (Wildman–Crippen MR) is 28.6 cm³/mol. The van der Waals surface area contributed by atoms with Gasteiger partial charge in [0.25, 0.3) is 5.09 Å². The highest BCUT2D eigenvalue weighted by molar-refractivity contribution is 5.73. The van der Waals surface area contributed by atoms with Gasteiger partial charge in [-0.2, -0.15) is 0 Å². The number of carboxylic acid groups (broad SMARTS) is 1. The summed E-state index contributed by atoms with van der Waals surface area (Å²) in [5.41, 5.74) is 4.84. The minimum Gasteiger partial charge on any atom is -0.480 e. The Morgan fingerprint density at radius 2 is 2.40 bits per heavy atom. The molecule has 7 heteroatoms. The van der Waals surface area contributed by atoms with Crippen LogP contribution in [0.15, 0.2) is 0 Å². The predicted octanol–water partition coefficient (Wildman–Crippen LogP) is -1.39. The first-order valence-corrected chi connectivity index (χ1v) is 2.29. The second-order valence-electron chi connectivity index (χ2n) is 1.46. The van der Waals surface area contributed by atoms with Crippen molar-refractivity contribution in [1.82, 2.24) is 0 Å². The summed E-state index contributed by atoms with van der Waals surface area (Å²) >= 11 is 0. The lowest BCUT2D eigenvalue weighted by atomic mass is 10.3. The van der Waals surface area contributed by atoms with Gasteiger partial charge in [0.05, 0.1) is 0 Å². The molecular formula is C3H6N2O5. The zero-order valence-electron chi connectivity index (χ0n) is 4.89. The molecule has 0 rings (SSSR count). The van der Waals surface area contributed by atoms with E-state index in [9.17, 15) is 14.9 Å². The fourth-order valence-corrected chi connectivity index (χ4v) is 0.212. The van der Waals surface area contributed by atoms with E-state index < -0.39 is 23.7 Å². The average molecular weight is 150 g/mol. The smallest absolute Gasteiger partial charge is 0.322 e. The molecule has 0 unspecified atom stereocenters. The summed E-state index contributed by atoms with van der Waals surface area (Å²) in [5.74, 6) is -1.33. The fraction of sp³-hybridized carbons (Fsp3) is 0.667. The maximum absolute atomic E-state index is 9.88. The fourth-order valence-electron chi connectivity index (χ4n) is 0.212. The van der Waals surface area contributed by atoms with E-state index in [0.717, 1.165) is 0 Å². The summed E-state index contributed by atoms with van der Waals surface area (Å²) in [4.78, 5) is 23.0. The van der Waals surface area contributed by atoms with E-state index in [-0.39, 0.29) is 0 Å². The van der Waals surface area contributed by atoms with Crippen LogP contribution in [0.25, 0.3) is 0 Å². The molecule has 0 aliphatic rings. The number of hydrogen-bond donors (Lipinski definition) is 2. The van der Waals surface area contributed by atoms with Gasteiger partial charge in [0.2, 0.25) is 0 Å². The average Bonchev–Trinajstić information content (AvgIpc) is 1.82. The lowest BCUT2D eigenvalue weighted by molar-refractivity contribution is -0.757. The van der Waals surface area contributed by atoms with Crippen LogP contribution < -0.4 is 5.73 Å². The van der Waals surface area contributed by atoms with Crippen molar-refractivity contribution >= 4 is 5.97 Å². The van der Waals surface area contributed by atoms with Gasteiger partial charge in [0.15, 0.2) is 0 Å². The van der Waals surface area contributed by atoms with E-state index in [1.807, 2.05) is 0 Å². The van der Waals surface area contributed by atoms with Gasteiger partial charge < -0.3 is 15.7 Å². The molecule has 0 amide bonds. The van der Waals surface area contributed by atoms with E-state index in [2.05, 4.69) is 4.84 Å². The van der Waals surface area contributed by atoms with Crippen molar-refractivity contribution < 1.29 is 19.8 Å². The van der Waals surface area contributed by atoms with Crippen molar-refractivity contribution in [3.05, 3.63) is 10.1 Å². The van der Waals surface area contributed by atoms with Crippen LogP contribution in [-0.2, 0) is 9.63 Å². The molecule has 0 aliphatic carbocycles. The Morgan fingerprint density at radius 1 is 1.90 bits per heavy atom. The minimum absolute atomic E-state index is 0.623. The molecule has 0 aromatic rings. The lowest BCUT2D eigenvalue weighted by Crippen LogP contribution is -2.35. The Kier molecular flexibility index (Phi) is 3.12. The summed E-state index contributed by atoms with van der Waals surface area (Å²) in [7, 11) is 0. The maximum Gasteiger partial charge on any atom is 0.322 e. The standard InChI is InChI=1S/C3H6N2O5/c4-2(3(6)7)1-10-5(8)9/h2H,1,4H2,(H,6,7)/t2-/m0/s1. The third-order valence-electron chi connectivity index (χ3n) is 0.677. The number of hydrogen-bond acceptors (Lipinski definition) is 5. The van der Waals surface area contributed by atoms with Gasteiger partial charge >= 0.3 is 5.97 Å². The second-order valence-corrected chi connectivity index (χ2v) is 1.46. The number of nitrogens with two attached hydrogens (primary N) is 1. The highest BCUT2D eigenvalue weighted by atomic mass is 16.9. The molecule has 0 fully saturated rings. The number of nitrogens with zero attached hydrogens (tertiary/aromatic N) is 1. The van der Waals surface area contributed by atoms with Crippen molar-refractivity contribution in [3.63, 3.8) is 0 Å². The van der Waals surface area contributed by atoms with Crippen LogP contribution >= 0.6 is 0 Å². The topological polar surface area (TPSA) is 116 Å². The van der Waals surface area contributed by atoms with Gasteiger partial charge in [0.1, 0.15) is 12.6 Å². The van der Waals surface area contributed by atoms with Crippen LogP contribution in [0.5, 0.6) is 0 Å². The molecule has 0 aliphatic heterocycles. The summed E-state index contributed by atoms with van der Waals surface area (Å²) in [5, 5.41) is 16.4. The molecule has 0 bridgehead atoms. The Bertz CT molecular complexity index is 146. The van der Waals surface area contributed by atoms with E-state index in [0.29, 0.717) is 0 Å². The van der Waals surface area contributed by atoms with Crippen molar-refractivity contribution in [1.29, 1.82) is 0 Å². The van der Waals surface area contributed by atoms with Crippen LogP contribution in [0.3, 0.4) is 0 Å². The largest absolute Gasteiger partial charge is 0.480 e. The molecule has 0 saturated heterocycles. The number of aliphatic carboxylic acids is 1. The quantitative estimate of drug-likeness (QED) is 0.376. The van der Waals surface area contributed by atoms with Crippen LogP contribution in [-0.4, -0.2) is 28.8 Å². The van der Waals surface area contributed by atoms with Crippen molar-refractivity contribution in [2.75, 3.05) is 6.61 Å². The summed E-state index contributed by atoms with van der Waals surface area (Å²) in [6.07, 6.45) is 0. The first-order valence-electron chi connectivity index (χ1n) is 2.29. The van der Waals surface area contributed by atoms with E-state index in [4.69, 9.17) is 10.8 Å².